The Kier molecular flexibility index (Phi) is 5.40. The smallest absolute Gasteiger partial charge is 0.0143 e. The van der Waals surface area contributed by atoms with Crippen LogP contribution in [0.5, 0.6) is 0 Å². The van der Waals surface area contributed by atoms with Crippen molar-refractivity contribution in [1.82, 2.24) is 9.91 Å². The van der Waals surface area contributed by atoms with Gasteiger partial charge in [0.1, 0.15) is 0 Å². The Morgan fingerprint density at radius 3 is 2.43 bits per heavy atom. The third kappa shape index (κ3) is 3.53. The van der Waals surface area contributed by atoms with E-state index in [9.17, 15) is 0 Å². The molecule has 0 spiro atoms. The van der Waals surface area contributed by atoms with Crippen LogP contribution in [-0.2, 0) is 0 Å². The predicted molar refractivity (Wildman–Crippen MR) is 59.7 cm³/mol. The van der Waals surface area contributed by atoms with Crippen molar-refractivity contribution in [3.8, 4) is 0 Å². The SMILES string of the molecule is CCCN(CCN)C1CCN(N)CC1. The molecule has 1 aliphatic heterocycles. The van der Waals surface area contributed by atoms with E-state index in [1.54, 1.807) is 0 Å². The fourth-order valence-corrected chi connectivity index (χ4v) is 2.18. The minimum absolute atomic E-state index is 0.707. The number of hydrogen-bond acceptors (Lipinski definition) is 4. The Balaban J connectivity index is 2.34. The van der Waals surface area contributed by atoms with Crippen LogP contribution < -0.4 is 11.6 Å². The molecule has 0 aromatic carbocycles. The lowest BCUT2D eigenvalue weighted by Gasteiger charge is -2.36. The first-order valence-electron chi connectivity index (χ1n) is 5.71. The van der Waals surface area contributed by atoms with E-state index < -0.39 is 0 Å². The van der Waals surface area contributed by atoms with Gasteiger partial charge in [0.2, 0.25) is 0 Å². The van der Waals surface area contributed by atoms with Crippen LogP contribution in [0.15, 0.2) is 0 Å². The van der Waals surface area contributed by atoms with Crippen LogP contribution >= 0.6 is 0 Å². The van der Waals surface area contributed by atoms with Crippen LogP contribution in [0, 0.1) is 0 Å². The van der Waals surface area contributed by atoms with Gasteiger partial charge < -0.3 is 5.73 Å². The summed E-state index contributed by atoms with van der Waals surface area (Å²) in [6, 6.07) is 0.707. The van der Waals surface area contributed by atoms with Crippen molar-refractivity contribution in [2.45, 2.75) is 32.2 Å². The average molecular weight is 200 g/mol. The van der Waals surface area contributed by atoms with Crippen molar-refractivity contribution in [2.75, 3.05) is 32.7 Å². The Morgan fingerprint density at radius 2 is 1.93 bits per heavy atom. The van der Waals surface area contributed by atoms with E-state index in [0.29, 0.717) is 6.04 Å². The number of piperidine rings is 1. The van der Waals surface area contributed by atoms with Crippen LogP contribution in [0.1, 0.15) is 26.2 Å². The number of hydrazine groups is 1. The summed E-state index contributed by atoms with van der Waals surface area (Å²) in [6.07, 6.45) is 3.59. The fraction of sp³-hybridized carbons (Fsp3) is 1.00. The van der Waals surface area contributed by atoms with Gasteiger partial charge in [0, 0.05) is 32.2 Å². The summed E-state index contributed by atoms with van der Waals surface area (Å²) in [5.74, 6) is 5.74. The molecule has 4 N–H and O–H groups in total. The molecule has 0 atom stereocenters. The molecule has 1 aliphatic rings. The highest BCUT2D eigenvalue weighted by molar-refractivity contribution is 4.77. The maximum absolute atomic E-state index is 5.74. The van der Waals surface area contributed by atoms with Gasteiger partial charge in [0.05, 0.1) is 0 Å². The fourth-order valence-electron chi connectivity index (χ4n) is 2.18. The molecule has 0 radical (unpaired) electrons. The van der Waals surface area contributed by atoms with Crippen molar-refractivity contribution < 1.29 is 0 Å². The zero-order chi connectivity index (χ0) is 10.4. The Hall–Kier alpha value is -0.160. The normalized spacial score (nSPS) is 20.6. The van der Waals surface area contributed by atoms with E-state index in [1.165, 1.54) is 25.8 Å². The van der Waals surface area contributed by atoms with Gasteiger partial charge in [-0.05, 0) is 25.8 Å². The first-order chi connectivity index (χ1) is 6.77. The van der Waals surface area contributed by atoms with E-state index in [-0.39, 0.29) is 0 Å². The van der Waals surface area contributed by atoms with Crippen molar-refractivity contribution in [2.24, 2.45) is 11.6 Å². The van der Waals surface area contributed by atoms with Crippen LogP contribution in [0.3, 0.4) is 0 Å². The molecule has 1 heterocycles. The third-order valence-electron chi connectivity index (χ3n) is 2.94. The van der Waals surface area contributed by atoms with Gasteiger partial charge in [-0.2, -0.15) is 0 Å². The van der Waals surface area contributed by atoms with Gasteiger partial charge >= 0.3 is 0 Å². The number of nitrogens with two attached hydrogens (primary N) is 2. The topological polar surface area (TPSA) is 58.5 Å². The molecule has 4 heteroatoms. The average Bonchev–Trinajstić information content (AvgIpc) is 2.19. The van der Waals surface area contributed by atoms with E-state index in [0.717, 1.165) is 26.2 Å². The lowest BCUT2D eigenvalue weighted by atomic mass is 10.0. The van der Waals surface area contributed by atoms with Gasteiger partial charge in [0.15, 0.2) is 0 Å². The predicted octanol–water partition coefficient (Wildman–Crippen LogP) is -0.00480. The third-order valence-corrected chi connectivity index (χ3v) is 2.94. The molecule has 1 saturated heterocycles. The van der Waals surface area contributed by atoms with Gasteiger partial charge in [-0.1, -0.05) is 6.92 Å². The highest BCUT2D eigenvalue weighted by Gasteiger charge is 2.21. The Morgan fingerprint density at radius 1 is 1.29 bits per heavy atom. The van der Waals surface area contributed by atoms with Crippen molar-refractivity contribution in [3.05, 3.63) is 0 Å². The second-order valence-corrected chi connectivity index (χ2v) is 4.09. The standard InChI is InChI=1S/C10H24N4/c1-2-6-13(9-5-11)10-3-7-14(12)8-4-10/h10H,2-9,11-12H2,1H3. The van der Waals surface area contributed by atoms with Crippen molar-refractivity contribution >= 4 is 0 Å². The van der Waals surface area contributed by atoms with Crippen LogP contribution in [0.25, 0.3) is 0 Å². The second-order valence-electron chi connectivity index (χ2n) is 4.09. The highest BCUT2D eigenvalue weighted by atomic mass is 15.4. The summed E-state index contributed by atoms with van der Waals surface area (Å²) < 4.78 is 0. The summed E-state index contributed by atoms with van der Waals surface area (Å²) in [6.45, 7) is 7.24. The lowest BCUT2D eigenvalue weighted by Crippen LogP contribution is -2.48. The number of hydrogen-bond donors (Lipinski definition) is 2. The minimum Gasteiger partial charge on any atom is -0.329 e. The van der Waals surface area contributed by atoms with Gasteiger partial charge in [0.25, 0.3) is 0 Å². The van der Waals surface area contributed by atoms with E-state index in [1.807, 2.05) is 5.01 Å². The molecule has 14 heavy (non-hydrogen) atoms. The molecule has 0 aromatic rings. The van der Waals surface area contributed by atoms with Gasteiger partial charge in [-0.3, -0.25) is 10.7 Å². The van der Waals surface area contributed by atoms with Gasteiger partial charge in [-0.25, -0.2) is 5.01 Å². The van der Waals surface area contributed by atoms with E-state index in [2.05, 4.69) is 11.8 Å². The van der Waals surface area contributed by atoms with Gasteiger partial charge in [-0.15, -0.1) is 0 Å². The van der Waals surface area contributed by atoms with E-state index in [4.69, 9.17) is 11.6 Å². The van der Waals surface area contributed by atoms with Crippen LogP contribution in [-0.4, -0.2) is 48.7 Å². The minimum atomic E-state index is 0.707. The molecule has 0 aliphatic carbocycles. The van der Waals surface area contributed by atoms with Crippen LogP contribution in [0.2, 0.25) is 0 Å². The number of nitrogens with zero attached hydrogens (tertiary/aromatic N) is 2. The largest absolute Gasteiger partial charge is 0.329 e. The molecule has 0 unspecified atom stereocenters. The lowest BCUT2D eigenvalue weighted by molar-refractivity contribution is 0.111. The van der Waals surface area contributed by atoms with Crippen LogP contribution in [0.4, 0.5) is 0 Å². The number of rotatable bonds is 5. The molecule has 1 fully saturated rings. The summed E-state index contributed by atoms with van der Waals surface area (Å²) in [5, 5.41) is 1.92. The van der Waals surface area contributed by atoms with E-state index >= 15 is 0 Å². The van der Waals surface area contributed by atoms with Crippen molar-refractivity contribution in [1.29, 1.82) is 0 Å². The molecule has 0 amide bonds. The molecular formula is C10H24N4. The molecule has 0 saturated carbocycles. The summed E-state index contributed by atoms with van der Waals surface area (Å²) in [5.41, 5.74) is 5.62. The molecule has 0 aromatic heterocycles. The summed E-state index contributed by atoms with van der Waals surface area (Å²) >= 11 is 0. The summed E-state index contributed by atoms with van der Waals surface area (Å²) in [7, 11) is 0. The second kappa shape index (κ2) is 6.35. The first-order valence-corrected chi connectivity index (χ1v) is 5.71. The zero-order valence-electron chi connectivity index (χ0n) is 9.28. The molecule has 84 valence electrons. The first kappa shape index (κ1) is 11.9. The Labute approximate surface area is 87.2 Å². The molecule has 0 bridgehead atoms. The van der Waals surface area contributed by atoms with Crippen molar-refractivity contribution in [3.63, 3.8) is 0 Å². The molecular weight excluding hydrogens is 176 g/mol. The highest BCUT2D eigenvalue weighted by Crippen LogP contribution is 2.14. The zero-order valence-corrected chi connectivity index (χ0v) is 9.28. The monoisotopic (exact) mass is 200 g/mol. The Bertz CT molecular complexity index is 137. The summed E-state index contributed by atoms with van der Waals surface area (Å²) in [4.78, 5) is 2.52. The molecule has 4 nitrogen and oxygen atoms in total. The maximum atomic E-state index is 5.74. The molecule has 1 rings (SSSR count). The maximum Gasteiger partial charge on any atom is 0.0143 e. The quantitative estimate of drug-likeness (QED) is 0.613.